The van der Waals surface area contributed by atoms with Crippen molar-refractivity contribution in [2.24, 2.45) is 0 Å². The zero-order valence-corrected chi connectivity index (χ0v) is 18.8. The fourth-order valence-electron chi connectivity index (χ4n) is 3.75. The van der Waals surface area contributed by atoms with Crippen LogP contribution in [0.5, 0.6) is 11.5 Å². The first-order valence-corrected chi connectivity index (χ1v) is 10.4. The molecule has 1 aromatic carbocycles. The molecule has 2 N–H and O–H groups in total. The van der Waals surface area contributed by atoms with E-state index < -0.39 is 0 Å². The van der Waals surface area contributed by atoms with Crippen molar-refractivity contribution >= 4 is 23.2 Å². The number of methoxy groups -OCH3 is 2. The Kier molecular flexibility index (Phi) is 6.04. The van der Waals surface area contributed by atoms with Gasteiger partial charge in [0, 0.05) is 43.8 Å². The standard InChI is InChI=1S/C22H26ClN5O3/c1-13-5-16(6-19(30-3)20(13)31-4)25-22-24-7-18(23)21(26-22)28-8-14(2)15(10-28)9-27-11-17(29)12-27/h5-8,10,17,29H,9,11-12H2,1-4H3,(H,24,25,26). The molecule has 0 aliphatic carbocycles. The summed E-state index contributed by atoms with van der Waals surface area (Å²) in [6.45, 7) is 6.20. The highest BCUT2D eigenvalue weighted by molar-refractivity contribution is 6.32. The second-order valence-corrected chi connectivity index (χ2v) is 8.15. The maximum Gasteiger partial charge on any atom is 0.229 e. The number of benzene rings is 1. The Labute approximate surface area is 186 Å². The number of anilines is 2. The third-order valence-corrected chi connectivity index (χ3v) is 5.62. The van der Waals surface area contributed by atoms with E-state index >= 15 is 0 Å². The number of aliphatic hydroxyl groups excluding tert-OH is 1. The third kappa shape index (κ3) is 4.46. The van der Waals surface area contributed by atoms with Crippen LogP contribution in [0.1, 0.15) is 16.7 Å². The van der Waals surface area contributed by atoms with Gasteiger partial charge in [-0.05, 0) is 36.6 Å². The first-order chi connectivity index (χ1) is 14.9. The van der Waals surface area contributed by atoms with E-state index in [0.717, 1.165) is 23.4 Å². The van der Waals surface area contributed by atoms with Gasteiger partial charge in [0.2, 0.25) is 5.95 Å². The fourth-order valence-corrected chi connectivity index (χ4v) is 3.94. The molecule has 9 heteroatoms. The molecule has 1 fully saturated rings. The first kappa shape index (κ1) is 21.4. The van der Waals surface area contributed by atoms with E-state index in [1.807, 2.05) is 36.0 Å². The van der Waals surface area contributed by atoms with Crippen LogP contribution >= 0.6 is 11.6 Å². The number of nitrogens with zero attached hydrogens (tertiary/aromatic N) is 4. The number of nitrogens with one attached hydrogen (secondary N) is 1. The molecule has 3 aromatic rings. The van der Waals surface area contributed by atoms with E-state index in [-0.39, 0.29) is 6.10 Å². The van der Waals surface area contributed by atoms with E-state index in [2.05, 4.69) is 27.1 Å². The summed E-state index contributed by atoms with van der Waals surface area (Å²) in [5, 5.41) is 13.2. The molecule has 4 rings (SSSR count). The topological polar surface area (TPSA) is 84.7 Å². The van der Waals surface area contributed by atoms with Crippen molar-refractivity contribution in [3.8, 4) is 17.3 Å². The van der Waals surface area contributed by atoms with Crippen LogP contribution in [0.3, 0.4) is 0 Å². The zero-order valence-electron chi connectivity index (χ0n) is 18.0. The average Bonchev–Trinajstić information content (AvgIpc) is 3.08. The van der Waals surface area contributed by atoms with E-state index in [0.29, 0.717) is 41.4 Å². The van der Waals surface area contributed by atoms with Crippen molar-refractivity contribution in [2.45, 2.75) is 26.5 Å². The van der Waals surface area contributed by atoms with Gasteiger partial charge in [0.15, 0.2) is 17.3 Å². The summed E-state index contributed by atoms with van der Waals surface area (Å²) in [5.41, 5.74) is 4.03. The van der Waals surface area contributed by atoms with Crippen molar-refractivity contribution in [1.82, 2.24) is 19.4 Å². The number of hydrogen-bond acceptors (Lipinski definition) is 7. The van der Waals surface area contributed by atoms with Crippen molar-refractivity contribution in [2.75, 3.05) is 32.6 Å². The van der Waals surface area contributed by atoms with Crippen molar-refractivity contribution < 1.29 is 14.6 Å². The molecule has 2 aromatic heterocycles. The Balaban J connectivity index is 1.59. The van der Waals surface area contributed by atoms with Gasteiger partial charge in [-0.2, -0.15) is 4.98 Å². The molecule has 0 unspecified atom stereocenters. The lowest BCUT2D eigenvalue weighted by molar-refractivity contribution is -0.00295. The number of β-amino-alcohol motifs (C(OH)–C–C–N with tert-alkyl or cyclic N) is 1. The molecular formula is C22H26ClN5O3. The summed E-state index contributed by atoms with van der Waals surface area (Å²) in [5.74, 6) is 2.33. The molecule has 0 spiro atoms. The second-order valence-electron chi connectivity index (χ2n) is 7.74. The van der Waals surface area contributed by atoms with Crippen LogP contribution in [0.25, 0.3) is 5.82 Å². The molecule has 8 nitrogen and oxygen atoms in total. The van der Waals surface area contributed by atoms with Gasteiger partial charge in [-0.25, -0.2) is 4.98 Å². The minimum Gasteiger partial charge on any atom is -0.493 e. The number of ether oxygens (including phenoxy) is 2. The van der Waals surface area contributed by atoms with Crippen LogP contribution in [0.4, 0.5) is 11.6 Å². The lowest BCUT2D eigenvalue weighted by Crippen LogP contribution is -2.49. The second kappa shape index (κ2) is 8.74. The summed E-state index contributed by atoms with van der Waals surface area (Å²) in [6, 6.07) is 3.78. The number of rotatable bonds is 7. The largest absolute Gasteiger partial charge is 0.493 e. The molecule has 1 aliphatic rings. The summed E-state index contributed by atoms with van der Waals surface area (Å²) in [6.07, 6.45) is 5.40. The van der Waals surface area contributed by atoms with Crippen LogP contribution in [0.2, 0.25) is 5.02 Å². The number of aliphatic hydroxyl groups is 1. The van der Waals surface area contributed by atoms with Crippen LogP contribution in [-0.2, 0) is 6.54 Å². The molecule has 0 saturated carbocycles. The Morgan fingerprint density at radius 1 is 1.16 bits per heavy atom. The molecular weight excluding hydrogens is 418 g/mol. The predicted molar refractivity (Wildman–Crippen MR) is 120 cm³/mol. The Bertz CT molecular complexity index is 1090. The molecule has 0 atom stereocenters. The van der Waals surface area contributed by atoms with Gasteiger partial charge in [-0.3, -0.25) is 4.90 Å². The number of aromatic nitrogens is 3. The van der Waals surface area contributed by atoms with Gasteiger partial charge in [0.25, 0.3) is 0 Å². The van der Waals surface area contributed by atoms with E-state index in [1.165, 1.54) is 5.56 Å². The third-order valence-electron chi connectivity index (χ3n) is 5.36. The fraction of sp³-hybridized carbons (Fsp3) is 0.364. The lowest BCUT2D eigenvalue weighted by Gasteiger charge is -2.35. The maximum absolute atomic E-state index is 9.51. The van der Waals surface area contributed by atoms with Crippen LogP contribution in [0, 0.1) is 13.8 Å². The molecule has 3 heterocycles. The molecule has 0 bridgehead atoms. The average molecular weight is 444 g/mol. The van der Waals surface area contributed by atoms with Gasteiger partial charge in [0.1, 0.15) is 5.02 Å². The van der Waals surface area contributed by atoms with Gasteiger partial charge >= 0.3 is 0 Å². The number of likely N-dealkylation sites (tertiary alicyclic amines) is 1. The molecule has 0 amide bonds. The number of aryl methyl sites for hydroxylation is 2. The highest BCUT2D eigenvalue weighted by atomic mass is 35.5. The van der Waals surface area contributed by atoms with Gasteiger partial charge in [-0.15, -0.1) is 0 Å². The first-order valence-electron chi connectivity index (χ1n) is 9.98. The highest BCUT2D eigenvalue weighted by Crippen LogP contribution is 2.35. The van der Waals surface area contributed by atoms with Crippen LogP contribution in [0.15, 0.2) is 30.7 Å². The zero-order chi connectivity index (χ0) is 22.1. The minimum absolute atomic E-state index is 0.215. The minimum atomic E-state index is -0.215. The lowest BCUT2D eigenvalue weighted by atomic mass is 10.1. The summed E-state index contributed by atoms with van der Waals surface area (Å²) in [4.78, 5) is 11.1. The Morgan fingerprint density at radius 3 is 2.61 bits per heavy atom. The maximum atomic E-state index is 9.51. The highest BCUT2D eigenvalue weighted by Gasteiger charge is 2.25. The Morgan fingerprint density at radius 2 is 1.94 bits per heavy atom. The van der Waals surface area contributed by atoms with Gasteiger partial charge in [0.05, 0.1) is 26.5 Å². The summed E-state index contributed by atoms with van der Waals surface area (Å²) >= 11 is 6.42. The van der Waals surface area contributed by atoms with Crippen LogP contribution < -0.4 is 14.8 Å². The van der Waals surface area contributed by atoms with Crippen molar-refractivity contribution in [3.05, 3.63) is 52.4 Å². The van der Waals surface area contributed by atoms with E-state index in [4.69, 9.17) is 21.1 Å². The van der Waals surface area contributed by atoms with Gasteiger partial charge in [-0.1, -0.05) is 11.6 Å². The quantitative estimate of drug-likeness (QED) is 0.578. The van der Waals surface area contributed by atoms with E-state index in [1.54, 1.807) is 20.4 Å². The monoisotopic (exact) mass is 443 g/mol. The molecule has 164 valence electrons. The number of hydrogen-bond donors (Lipinski definition) is 2. The normalized spacial score (nSPS) is 14.4. The number of halogens is 1. The van der Waals surface area contributed by atoms with E-state index in [9.17, 15) is 5.11 Å². The van der Waals surface area contributed by atoms with Crippen LogP contribution in [-0.4, -0.2) is 58.0 Å². The smallest absolute Gasteiger partial charge is 0.229 e. The van der Waals surface area contributed by atoms with Crippen molar-refractivity contribution in [1.29, 1.82) is 0 Å². The Hall–Kier alpha value is -2.81. The molecule has 1 aliphatic heterocycles. The SMILES string of the molecule is COc1cc(Nc2ncc(Cl)c(-n3cc(C)c(CN4CC(O)C4)c3)n2)cc(C)c1OC. The molecule has 1 saturated heterocycles. The molecule has 0 radical (unpaired) electrons. The summed E-state index contributed by atoms with van der Waals surface area (Å²) < 4.78 is 12.7. The predicted octanol–water partition coefficient (Wildman–Crippen LogP) is 3.47. The van der Waals surface area contributed by atoms with Crippen molar-refractivity contribution in [3.63, 3.8) is 0 Å². The van der Waals surface area contributed by atoms with Gasteiger partial charge < -0.3 is 24.5 Å². The summed E-state index contributed by atoms with van der Waals surface area (Å²) in [7, 11) is 3.22. The molecule has 31 heavy (non-hydrogen) atoms.